The van der Waals surface area contributed by atoms with Crippen LogP contribution in [0.2, 0.25) is 0 Å². The van der Waals surface area contributed by atoms with Crippen LogP contribution in [-0.2, 0) is 9.57 Å². The molecule has 1 saturated heterocycles. The van der Waals surface area contributed by atoms with Crippen LogP contribution >= 0.6 is 11.3 Å². The number of benzene rings is 1. The molecule has 0 aliphatic carbocycles. The molecule has 1 aromatic heterocycles. The normalized spacial score (nSPS) is 19.8. The van der Waals surface area contributed by atoms with Gasteiger partial charge in [0, 0.05) is 30.8 Å². The monoisotopic (exact) mass is 449 g/mol. The number of aromatic nitrogens is 1. The van der Waals surface area contributed by atoms with Crippen molar-refractivity contribution < 1.29 is 23.1 Å². The van der Waals surface area contributed by atoms with Crippen molar-refractivity contribution in [1.29, 1.82) is 0 Å². The van der Waals surface area contributed by atoms with Gasteiger partial charge in [-0.3, -0.25) is 0 Å². The summed E-state index contributed by atoms with van der Waals surface area (Å²) in [6, 6.07) is 3.75. The van der Waals surface area contributed by atoms with Crippen LogP contribution in [0, 0.1) is 11.6 Å². The number of hydrogen-bond donors (Lipinski definition) is 0. The second-order valence-corrected chi connectivity index (χ2v) is 9.67. The quantitative estimate of drug-likeness (QED) is 0.629. The van der Waals surface area contributed by atoms with Crippen molar-refractivity contribution in [3.05, 3.63) is 51.5 Å². The van der Waals surface area contributed by atoms with Gasteiger partial charge in [0.15, 0.2) is 6.10 Å². The van der Waals surface area contributed by atoms with E-state index in [9.17, 15) is 13.6 Å². The number of ether oxygens (including phenoxy) is 1. The van der Waals surface area contributed by atoms with Crippen LogP contribution in [0.25, 0.3) is 0 Å². The van der Waals surface area contributed by atoms with Crippen molar-refractivity contribution in [3.63, 3.8) is 0 Å². The van der Waals surface area contributed by atoms with Gasteiger partial charge in [0.05, 0.1) is 16.3 Å². The van der Waals surface area contributed by atoms with E-state index < -0.39 is 23.3 Å². The van der Waals surface area contributed by atoms with E-state index in [1.807, 2.05) is 26.2 Å². The molecule has 1 amide bonds. The third-order valence-electron chi connectivity index (χ3n) is 5.30. The highest BCUT2D eigenvalue weighted by Crippen LogP contribution is 2.35. The van der Waals surface area contributed by atoms with Gasteiger partial charge < -0.3 is 14.5 Å². The van der Waals surface area contributed by atoms with E-state index in [1.165, 1.54) is 29.5 Å². The molecule has 2 aliphatic rings. The molecule has 0 radical (unpaired) electrons. The predicted octanol–water partition coefficient (Wildman–Crippen LogP) is 5.40. The third kappa shape index (κ3) is 4.87. The van der Waals surface area contributed by atoms with Crippen LogP contribution in [-0.4, -0.2) is 40.4 Å². The summed E-state index contributed by atoms with van der Waals surface area (Å²) in [6.45, 7) is 6.81. The maximum absolute atomic E-state index is 14.0. The summed E-state index contributed by atoms with van der Waals surface area (Å²) < 4.78 is 33.5. The number of nitrogens with zero attached hydrogens (tertiary/aromatic N) is 3. The van der Waals surface area contributed by atoms with Crippen LogP contribution in [0.15, 0.2) is 28.7 Å². The van der Waals surface area contributed by atoms with Gasteiger partial charge >= 0.3 is 6.09 Å². The van der Waals surface area contributed by atoms with Gasteiger partial charge in [-0.15, -0.1) is 11.3 Å². The number of piperidine rings is 1. The fourth-order valence-electron chi connectivity index (χ4n) is 3.74. The number of carbonyl (C=O) groups excluding carboxylic acids is 1. The predicted molar refractivity (Wildman–Crippen MR) is 113 cm³/mol. The number of thiazole rings is 1. The zero-order valence-corrected chi connectivity index (χ0v) is 18.5. The summed E-state index contributed by atoms with van der Waals surface area (Å²) in [7, 11) is 0. The van der Waals surface area contributed by atoms with Crippen LogP contribution in [0.1, 0.15) is 68.3 Å². The van der Waals surface area contributed by atoms with E-state index in [2.05, 4.69) is 5.16 Å². The molecule has 166 valence electrons. The molecule has 9 heteroatoms. The molecular formula is C22H25F2N3O3S. The summed E-state index contributed by atoms with van der Waals surface area (Å²) in [5, 5.41) is 6.91. The Labute approximate surface area is 183 Å². The third-order valence-corrected chi connectivity index (χ3v) is 6.31. The van der Waals surface area contributed by atoms with Crippen LogP contribution < -0.4 is 0 Å². The van der Waals surface area contributed by atoms with E-state index in [0.717, 1.165) is 17.8 Å². The molecular weight excluding hydrogens is 424 g/mol. The number of rotatable bonds is 3. The molecule has 0 spiro atoms. The average molecular weight is 450 g/mol. The Kier molecular flexibility index (Phi) is 5.96. The Morgan fingerprint density at radius 2 is 1.90 bits per heavy atom. The van der Waals surface area contributed by atoms with Crippen molar-refractivity contribution in [2.24, 2.45) is 5.16 Å². The fraction of sp³-hybridized carbons (Fsp3) is 0.500. The lowest BCUT2D eigenvalue weighted by Crippen LogP contribution is -2.41. The van der Waals surface area contributed by atoms with Gasteiger partial charge in [-0.25, -0.2) is 18.6 Å². The van der Waals surface area contributed by atoms with Crippen molar-refractivity contribution >= 4 is 23.1 Å². The van der Waals surface area contributed by atoms with E-state index in [0.29, 0.717) is 24.5 Å². The Hall–Kier alpha value is -2.55. The first-order valence-electron chi connectivity index (χ1n) is 10.3. The standard InChI is InChI=1S/C22H25F2N3O3S/c1-22(2,3)29-21(28)27-9-7-13(8-10-27)20-25-17(12-31-20)16-11-18(30-26-16)19-14(23)5-4-6-15(19)24/h4-6,12-13,18H,7-11H2,1-3H3. The van der Waals surface area contributed by atoms with Gasteiger partial charge in [-0.05, 0) is 45.7 Å². The minimum Gasteiger partial charge on any atom is -0.444 e. The van der Waals surface area contributed by atoms with E-state index in [-0.39, 0.29) is 24.0 Å². The highest BCUT2D eigenvalue weighted by atomic mass is 32.1. The minimum absolute atomic E-state index is 0.105. The summed E-state index contributed by atoms with van der Waals surface area (Å²) in [4.78, 5) is 24.0. The Morgan fingerprint density at radius 3 is 2.55 bits per heavy atom. The molecule has 31 heavy (non-hydrogen) atoms. The lowest BCUT2D eigenvalue weighted by molar-refractivity contribution is 0.0204. The zero-order valence-electron chi connectivity index (χ0n) is 17.7. The molecule has 0 bridgehead atoms. The van der Waals surface area contributed by atoms with Crippen LogP contribution in [0.3, 0.4) is 0 Å². The molecule has 3 heterocycles. The first kappa shape index (κ1) is 21.7. The second-order valence-electron chi connectivity index (χ2n) is 8.78. The maximum atomic E-state index is 14.0. The molecule has 1 fully saturated rings. The molecule has 0 saturated carbocycles. The first-order chi connectivity index (χ1) is 14.7. The summed E-state index contributed by atoms with van der Waals surface area (Å²) in [5.41, 5.74) is 0.646. The topological polar surface area (TPSA) is 64.0 Å². The van der Waals surface area contributed by atoms with Crippen LogP contribution in [0.5, 0.6) is 0 Å². The van der Waals surface area contributed by atoms with Crippen molar-refractivity contribution in [1.82, 2.24) is 9.88 Å². The molecule has 6 nitrogen and oxygen atoms in total. The SMILES string of the molecule is CC(C)(C)OC(=O)N1CCC(c2nc(C3=NOC(c4c(F)cccc4F)C3)cs2)CC1. The van der Waals surface area contributed by atoms with Gasteiger partial charge in [0.2, 0.25) is 0 Å². The van der Waals surface area contributed by atoms with Crippen LogP contribution in [0.4, 0.5) is 13.6 Å². The van der Waals surface area contributed by atoms with E-state index >= 15 is 0 Å². The number of amides is 1. The Balaban J connectivity index is 1.36. The molecule has 4 rings (SSSR count). The Bertz CT molecular complexity index is 974. The van der Waals surface area contributed by atoms with Crippen molar-refractivity contribution in [2.45, 2.75) is 57.7 Å². The van der Waals surface area contributed by atoms with Gasteiger partial charge in [0.25, 0.3) is 0 Å². The van der Waals surface area contributed by atoms with Crippen molar-refractivity contribution in [3.8, 4) is 0 Å². The van der Waals surface area contributed by atoms with Crippen molar-refractivity contribution in [2.75, 3.05) is 13.1 Å². The first-order valence-corrected chi connectivity index (χ1v) is 11.2. The van der Waals surface area contributed by atoms with E-state index in [4.69, 9.17) is 14.6 Å². The smallest absolute Gasteiger partial charge is 0.410 e. The summed E-state index contributed by atoms with van der Waals surface area (Å²) in [6.07, 6.45) is 0.794. The highest BCUT2D eigenvalue weighted by Gasteiger charge is 2.32. The van der Waals surface area contributed by atoms with Gasteiger partial charge in [-0.2, -0.15) is 0 Å². The fourth-order valence-corrected chi connectivity index (χ4v) is 4.75. The Morgan fingerprint density at radius 1 is 1.23 bits per heavy atom. The molecule has 2 aliphatic heterocycles. The second kappa shape index (κ2) is 8.53. The summed E-state index contributed by atoms with van der Waals surface area (Å²) in [5.74, 6) is -1.03. The number of halogens is 2. The number of hydrogen-bond acceptors (Lipinski definition) is 6. The number of carbonyl (C=O) groups is 1. The lowest BCUT2D eigenvalue weighted by atomic mass is 9.97. The summed E-state index contributed by atoms with van der Waals surface area (Å²) >= 11 is 1.54. The lowest BCUT2D eigenvalue weighted by Gasteiger charge is -2.32. The molecule has 0 N–H and O–H groups in total. The maximum Gasteiger partial charge on any atom is 0.410 e. The van der Waals surface area contributed by atoms with Gasteiger partial charge in [0.1, 0.15) is 22.9 Å². The van der Waals surface area contributed by atoms with E-state index in [1.54, 1.807) is 4.90 Å². The molecule has 1 unspecified atom stereocenters. The highest BCUT2D eigenvalue weighted by molar-refractivity contribution is 7.10. The number of likely N-dealkylation sites (tertiary alicyclic amines) is 1. The molecule has 1 atom stereocenters. The molecule has 2 aromatic rings. The van der Waals surface area contributed by atoms with Gasteiger partial charge in [-0.1, -0.05) is 11.2 Å². The molecule has 1 aromatic carbocycles. The minimum atomic E-state index is -0.793. The number of oxime groups is 1. The largest absolute Gasteiger partial charge is 0.444 e. The zero-order chi connectivity index (χ0) is 22.2. The average Bonchev–Trinajstić information content (AvgIpc) is 3.36.